The van der Waals surface area contributed by atoms with Crippen LogP contribution in [0.25, 0.3) is 4.96 Å². The highest BCUT2D eigenvalue weighted by Gasteiger charge is 2.24. The SMILES string of the molecule is O=C(Cc1csc(N2CCCC2=O)n1)OCc1cc(=O)n2ccsc2n1. The number of hydrogen-bond donors (Lipinski definition) is 0. The second-order valence-corrected chi connectivity index (χ2v) is 7.46. The van der Waals surface area contributed by atoms with Crippen LogP contribution in [-0.4, -0.2) is 32.8 Å². The molecule has 3 aromatic rings. The Morgan fingerprint density at radius 2 is 2.12 bits per heavy atom. The van der Waals surface area contributed by atoms with Crippen molar-refractivity contribution in [3.8, 4) is 0 Å². The highest BCUT2D eigenvalue weighted by atomic mass is 32.1. The van der Waals surface area contributed by atoms with E-state index >= 15 is 0 Å². The van der Waals surface area contributed by atoms with Crippen molar-refractivity contribution < 1.29 is 14.3 Å². The number of anilines is 1. The fourth-order valence-electron chi connectivity index (χ4n) is 2.67. The molecule has 0 radical (unpaired) electrons. The average molecular weight is 390 g/mol. The summed E-state index contributed by atoms with van der Waals surface area (Å²) in [5, 5.41) is 4.14. The first-order valence-corrected chi connectivity index (χ1v) is 9.72. The van der Waals surface area contributed by atoms with Crippen molar-refractivity contribution in [2.45, 2.75) is 25.9 Å². The minimum atomic E-state index is -0.456. The fourth-order valence-corrected chi connectivity index (χ4v) is 4.27. The van der Waals surface area contributed by atoms with Crippen molar-refractivity contribution >= 4 is 44.6 Å². The molecular weight excluding hydrogens is 376 g/mol. The predicted octanol–water partition coefficient (Wildman–Crippen LogP) is 1.63. The second-order valence-electron chi connectivity index (χ2n) is 5.75. The first kappa shape index (κ1) is 16.9. The van der Waals surface area contributed by atoms with Crippen LogP contribution in [0.5, 0.6) is 0 Å². The van der Waals surface area contributed by atoms with Crippen LogP contribution in [-0.2, 0) is 27.4 Å². The van der Waals surface area contributed by atoms with Crippen LogP contribution in [0.2, 0.25) is 0 Å². The molecule has 1 aliphatic heterocycles. The van der Waals surface area contributed by atoms with Crippen molar-refractivity contribution in [3.63, 3.8) is 0 Å². The number of hydrogen-bond acceptors (Lipinski definition) is 8. The summed E-state index contributed by atoms with van der Waals surface area (Å²) in [6.45, 7) is 0.604. The number of esters is 1. The van der Waals surface area contributed by atoms with Crippen LogP contribution < -0.4 is 10.5 Å². The Kier molecular flexibility index (Phi) is 4.51. The molecule has 4 heterocycles. The van der Waals surface area contributed by atoms with Crippen molar-refractivity contribution in [2.75, 3.05) is 11.4 Å². The first-order valence-electron chi connectivity index (χ1n) is 7.96. The molecule has 1 aliphatic rings. The largest absolute Gasteiger partial charge is 0.459 e. The Balaban J connectivity index is 1.37. The van der Waals surface area contributed by atoms with Gasteiger partial charge in [-0.3, -0.25) is 23.7 Å². The number of thiazole rings is 2. The number of rotatable bonds is 5. The molecule has 26 heavy (non-hydrogen) atoms. The van der Waals surface area contributed by atoms with Gasteiger partial charge in [-0.2, -0.15) is 0 Å². The molecule has 0 saturated carbocycles. The molecule has 134 valence electrons. The van der Waals surface area contributed by atoms with Gasteiger partial charge in [0.05, 0.1) is 17.8 Å². The minimum absolute atomic E-state index is 0.0127. The van der Waals surface area contributed by atoms with Crippen LogP contribution in [0.1, 0.15) is 24.2 Å². The van der Waals surface area contributed by atoms with E-state index in [2.05, 4.69) is 9.97 Å². The van der Waals surface area contributed by atoms with Gasteiger partial charge in [0.25, 0.3) is 5.56 Å². The molecule has 8 nitrogen and oxygen atoms in total. The van der Waals surface area contributed by atoms with Gasteiger partial charge in [-0.1, -0.05) is 0 Å². The molecule has 1 saturated heterocycles. The third kappa shape index (κ3) is 3.37. The highest BCUT2D eigenvalue weighted by Crippen LogP contribution is 2.25. The fraction of sp³-hybridized carbons (Fsp3) is 0.312. The Morgan fingerprint density at radius 1 is 1.23 bits per heavy atom. The van der Waals surface area contributed by atoms with Crippen LogP contribution in [0.4, 0.5) is 5.13 Å². The topological polar surface area (TPSA) is 93.9 Å². The highest BCUT2D eigenvalue weighted by molar-refractivity contribution is 7.15. The maximum atomic E-state index is 12.0. The molecule has 0 bridgehead atoms. The summed E-state index contributed by atoms with van der Waals surface area (Å²) in [6.07, 6.45) is 3.03. The van der Waals surface area contributed by atoms with Gasteiger partial charge in [0, 0.05) is 36.0 Å². The molecular formula is C16H14N4O4S2. The van der Waals surface area contributed by atoms with E-state index < -0.39 is 5.97 Å². The molecule has 0 aromatic carbocycles. The smallest absolute Gasteiger partial charge is 0.312 e. The zero-order valence-electron chi connectivity index (χ0n) is 13.6. The summed E-state index contributed by atoms with van der Waals surface area (Å²) in [5.74, 6) is -0.391. The van der Waals surface area contributed by atoms with E-state index in [0.29, 0.717) is 34.4 Å². The van der Waals surface area contributed by atoms with E-state index in [1.165, 1.54) is 33.1 Å². The van der Waals surface area contributed by atoms with E-state index in [0.717, 1.165) is 6.42 Å². The minimum Gasteiger partial charge on any atom is -0.459 e. The lowest BCUT2D eigenvalue weighted by molar-refractivity contribution is -0.144. The summed E-state index contributed by atoms with van der Waals surface area (Å²) in [4.78, 5) is 46.5. The average Bonchev–Trinajstić information content (AvgIpc) is 3.33. The van der Waals surface area contributed by atoms with E-state index in [-0.39, 0.29) is 24.5 Å². The number of amides is 1. The maximum Gasteiger partial charge on any atom is 0.312 e. The Morgan fingerprint density at radius 3 is 2.92 bits per heavy atom. The Hall–Kier alpha value is -2.59. The summed E-state index contributed by atoms with van der Waals surface area (Å²) in [7, 11) is 0. The molecule has 0 atom stereocenters. The normalized spacial score (nSPS) is 14.3. The number of ether oxygens (including phenoxy) is 1. The lowest BCUT2D eigenvalue weighted by atomic mass is 10.3. The number of carbonyl (C=O) groups is 2. The van der Waals surface area contributed by atoms with Crippen molar-refractivity contribution in [1.29, 1.82) is 0 Å². The zero-order chi connectivity index (χ0) is 18.1. The number of aromatic nitrogens is 3. The third-order valence-electron chi connectivity index (χ3n) is 3.91. The van der Waals surface area contributed by atoms with E-state index in [4.69, 9.17) is 4.74 Å². The Bertz CT molecular complexity index is 1040. The van der Waals surface area contributed by atoms with Crippen LogP contribution in [0, 0.1) is 0 Å². The maximum absolute atomic E-state index is 12.0. The molecule has 0 N–H and O–H groups in total. The number of nitrogens with zero attached hydrogens (tertiary/aromatic N) is 4. The van der Waals surface area contributed by atoms with Gasteiger partial charge < -0.3 is 4.74 Å². The summed E-state index contributed by atoms with van der Waals surface area (Å²) in [6, 6.07) is 1.35. The lowest BCUT2D eigenvalue weighted by Gasteiger charge is -2.10. The standard InChI is InChI=1S/C16H14N4O4S2/c21-12-2-1-3-19(12)16-18-11(9-26-16)7-14(23)24-8-10-6-13(22)20-4-5-25-15(20)17-10/h4-6,9H,1-3,7-8H2. The van der Waals surface area contributed by atoms with Crippen molar-refractivity contribution in [1.82, 2.24) is 14.4 Å². The van der Waals surface area contributed by atoms with Gasteiger partial charge in [0.1, 0.15) is 6.61 Å². The summed E-state index contributed by atoms with van der Waals surface area (Å²) in [5.41, 5.74) is 0.769. The van der Waals surface area contributed by atoms with Crippen LogP contribution in [0.15, 0.2) is 27.8 Å². The molecule has 0 unspecified atom stereocenters. The number of carbonyl (C=O) groups excluding carboxylic acids is 2. The first-order chi connectivity index (χ1) is 12.6. The second kappa shape index (κ2) is 6.96. The lowest BCUT2D eigenvalue weighted by Crippen LogP contribution is -2.23. The van der Waals surface area contributed by atoms with Gasteiger partial charge in [0.15, 0.2) is 10.1 Å². The van der Waals surface area contributed by atoms with Gasteiger partial charge in [-0.25, -0.2) is 9.97 Å². The van der Waals surface area contributed by atoms with Crippen LogP contribution in [0.3, 0.4) is 0 Å². The van der Waals surface area contributed by atoms with E-state index in [1.807, 2.05) is 0 Å². The Labute approximate surface area is 155 Å². The molecule has 3 aromatic heterocycles. The van der Waals surface area contributed by atoms with Crippen molar-refractivity contribution in [3.05, 3.63) is 44.8 Å². The summed E-state index contributed by atoms with van der Waals surface area (Å²) >= 11 is 2.68. The van der Waals surface area contributed by atoms with Gasteiger partial charge in [0.2, 0.25) is 5.91 Å². The van der Waals surface area contributed by atoms with E-state index in [1.54, 1.807) is 21.9 Å². The van der Waals surface area contributed by atoms with Gasteiger partial charge in [-0.15, -0.1) is 22.7 Å². The predicted molar refractivity (Wildman–Crippen MR) is 96.5 cm³/mol. The quantitative estimate of drug-likeness (QED) is 0.615. The summed E-state index contributed by atoms with van der Waals surface area (Å²) < 4.78 is 6.64. The molecule has 10 heteroatoms. The molecule has 0 aliphatic carbocycles. The number of fused-ring (bicyclic) bond motifs is 1. The third-order valence-corrected chi connectivity index (χ3v) is 5.58. The monoisotopic (exact) mass is 390 g/mol. The van der Waals surface area contributed by atoms with Crippen LogP contribution >= 0.6 is 22.7 Å². The molecule has 1 fully saturated rings. The molecule has 0 spiro atoms. The van der Waals surface area contributed by atoms with Gasteiger partial charge in [-0.05, 0) is 6.42 Å². The molecule has 1 amide bonds. The van der Waals surface area contributed by atoms with Crippen molar-refractivity contribution in [2.24, 2.45) is 0 Å². The van der Waals surface area contributed by atoms with E-state index in [9.17, 15) is 14.4 Å². The zero-order valence-corrected chi connectivity index (χ0v) is 15.2. The molecule has 4 rings (SSSR count). The van der Waals surface area contributed by atoms with Gasteiger partial charge >= 0.3 is 5.97 Å².